The van der Waals surface area contributed by atoms with Crippen molar-refractivity contribution in [3.05, 3.63) is 6.66 Å². The summed E-state index contributed by atoms with van der Waals surface area (Å²) in [6.07, 6.45) is 0.800. The standard InChI is InChI=1S/C11H22O4P.C4H6/c1-6-11(12)7-10(9(2)14-3)8-15-16(4,5)13;1-3-4-2/h9-10H,4,6-8H2,1-3,5H3;1-2H3/q-1;/t9-,10-,16-;/m1./s1. The van der Waals surface area contributed by atoms with E-state index in [1.54, 1.807) is 7.11 Å². The van der Waals surface area contributed by atoms with E-state index in [1.807, 2.05) is 27.7 Å². The molecule has 0 saturated carbocycles. The minimum atomic E-state index is -2.74. The van der Waals surface area contributed by atoms with E-state index in [1.165, 1.54) is 6.66 Å². The molecule has 0 rings (SSSR count). The van der Waals surface area contributed by atoms with Crippen LogP contribution in [-0.4, -0.2) is 32.3 Å². The van der Waals surface area contributed by atoms with Gasteiger partial charge in [-0.1, -0.05) is 6.92 Å². The molecule has 0 fully saturated rings. The molecule has 0 aromatic rings. The van der Waals surface area contributed by atoms with Crippen molar-refractivity contribution < 1.29 is 18.6 Å². The molecule has 0 N–H and O–H groups in total. The molecule has 0 spiro atoms. The molecule has 5 heteroatoms. The van der Waals surface area contributed by atoms with Crippen LogP contribution in [0.4, 0.5) is 0 Å². The Hall–Kier alpha value is -0.620. The summed E-state index contributed by atoms with van der Waals surface area (Å²) in [7, 11) is -1.15. The van der Waals surface area contributed by atoms with Crippen molar-refractivity contribution in [2.75, 3.05) is 20.4 Å². The van der Waals surface area contributed by atoms with Crippen molar-refractivity contribution in [1.82, 2.24) is 0 Å². The molecule has 0 aliphatic rings. The number of hydrogen-bond acceptors (Lipinski definition) is 4. The normalized spacial score (nSPS) is 15.8. The predicted octanol–water partition coefficient (Wildman–Crippen LogP) is 3.75. The maximum absolute atomic E-state index is 11.4. The second kappa shape index (κ2) is 12.1. The van der Waals surface area contributed by atoms with E-state index in [9.17, 15) is 9.36 Å². The largest absolute Gasteiger partial charge is 0.381 e. The third-order valence-electron chi connectivity index (χ3n) is 2.73. The predicted molar refractivity (Wildman–Crippen MR) is 83.8 cm³/mol. The summed E-state index contributed by atoms with van der Waals surface area (Å²) in [6, 6.07) is 0. The van der Waals surface area contributed by atoms with Crippen molar-refractivity contribution >= 4 is 13.2 Å². The second-order valence-corrected chi connectivity index (χ2v) is 6.89. The Morgan fingerprint density at radius 2 is 1.85 bits per heavy atom. The van der Waals surface area contributed by atoms with Crippen molar-refractivity contribution in [2.45, 2.75) is 46.6 Å². The average Bonchev–Trinajstić information content (AvgIpc) is 2.41. The minimum Gasteiger partial charge on any atom is -0.381 e. The number of rotatable bonds is 8. The number of Topliss-reactive ketones (excluding diaryl/α,β-unsaturated/α-hetero) is 1. The zero-order valence-electron chi connectivity index (χ0n) is 13.6. The van der Waals surface area contributed by atoms with E-state index in [4.69, 9.17) is 9.26 Å². The highest BCUT2D eigenvalue weighted by molar-refractivity contribution is 7.59. The molecule has 0 radical (unpaired) electrons. The van der Waals surface area contributed by atoms with E-state index in [2.05, 4.69) is 18.5 Å². The van der Waals surface area contributed by atoms with Gasteiger partial charge in [0.15, 0.2) is 0 Å². The molecule has 0 amide bonds. The highest BCUT2D eigenvalue weighted by Crippen LogP contribution is 2.40. The highest BCUT2D eigenvalue weighted by atomic mass is 31.2. The summed E-state index contributed by atoms with van der Waals surface area (Å²) in [4.78, 5) is 11.4. The lowest BCUT2D eigenvalue weighted by molar-refractivity contribution is -0.121. The summed E-state index contributed by atoms with van der Waals surface area (Å²) < 4.78 is 21.7. The topological polar surface area (TPSA) is 52.6 Å². The SMILES string of the molecule is CC#CC.[CH2-][P@@](C)(=O)OC[C@@H](CC(=O)CC)[C@@H](C)OC. The lowest BCUT2D eigenvalue weighted by Crippen LogP contribution is -2.26. The Kier molecular flexibility index (Phi) is 13.2. The van der Waals surface area contributed by atoms with Crippen LogP contribution < -0.4 is 0 Å². The molecule has 20 heavy (non-hydrogen) atoms. The average molecular weight is 303 g/mol. The van der Waals surface area contributed by atoms with E-state index >= 15 is 0 Å². The number of ketones is 1. The van der Waals surface area contributed by atoms with Gasteiger partial charge in [-0.25, -0.2) is 0 Å². The number of carbonyl (C=O) groups excluding carboxylic acids is 1. The molecule has 0 saturated heterocycles. The Balaban J connectivity index is 0. The summed E-state index contributed by atoms with van der Waals surface area (Å²) in [6.45, 7) is 12.5. The molecule has 0 unspecified atom stereocenters. The van der Waals surface area contributed by atoms with Gasteiger partial charge in [-0.05, 0) is 27.4 Å². The first kappa shape index (κ1) is 21.7. The van der Waals surface area contributed by atoms with Gasteiger partial charge >= 0.3 is 0 Å². The lowest BCUT2D eigenvalue weighted by Gasteiger charge is -2.25. The second-order valence-electron chi connectivity index (χ2n) is 4.61. The summed E-state index contributed by atoms with van der Waals surface area (Å²) >= 11 is 0. The molecule has 118 valence electrons. The first-order valence-corrected chi connectivity index (χ1v) is 8.91. The van der Waals surface area contributed by atoms with Crippen LogP contribution in [0.3, 0.4) is 0 Å². The molecule has 0 aromatic carbocycles. The van der Waals surface area contributed by atoms with Crippen molar-refractivity contribution in [1.29, 1.82) is 0 Å². The molecular formula is C15H28O4P-. The zero-order valence-corrected chi connectivity index (χ0v) is 14.5. The van der Waals surface area contributed by atoms with Crippen LogP contribution in [0.15, 0.2) is 0 Å². The zero-order chi connectivity index (χ0) is 16.2. The molecule has 4 nitrogen and oxygen atoms in total. The monoisotopic (exact) mass is 303 g/mol. The molecule has 3 atom stereocenters. The summed E-state index contributed by atoms with van der Waals surface area (Å²) in [5.41, 5.74) is 0. The van der Waals surface area contributed by atoms with Crippen LogP contribution in [0.5, 0.6) is 0 Å². The van der Waals surface area contributed by atoms with Crippen LogP contribution in [-0.2, 0) is 18.6 Å². The van der Waals surface area contributed by atoms with Crippen LogP contribution in [0.1, 0.15) is 40.5 Å². The molecular weight excluding hydrogens is 275 g/mol. The first-order valence-electron chi connectivity index (χ1n) is 6.66. The molecule has 0 aromatic heterocycles. The van der Waals surface area contributed by atoms with Gasteiger partial charge in [-0.3, -0.25) is 11.5 Å². The Morgan fingerprint density at radius 1 is 1.35 bits per heavy atom. The van der Waals surface area contributed by atoms with Gasteiger partial charge in [0.25, 0.3) is 0 Å². The summed E-state index contributed by atoms with van der Waals surface area (Å²) in [5.74, 6) is 5.46. The van der Waals surface area contributed by atoms with Gasteiger partial charge in [0.2, 0.25) is 0 Å². The van der Waals surface area contributed by atoms with E-state index in [0.29, 0.717) is 12.8 Å². The number of methoxy groups -OCH3 is 1. The van der Waals surface area contributed by atoms with Gasteiger partial charge in [-0.2, -0.15) is 0 Å². The van der Waals surface area contributed by atoms with Crippen LogP contribution in [0.2, 0.25) is 0 Å². The van der Waals surface area contributed by atoms with Crippen LogP contribution >= 0.6 is 7.37 Å². The van der Waals surface area contributed by atoms with Gasteiger partial charge in [0.1, 0.15) is 5.78 Å². The van der Waals surface area contributed by atoms with Crippen molar-refractivity contribution in [3.8, 4) is 11.8 Å². The fraction of sp³-hybridized carbons (Fsp3) is 0.733. The van der Waals surface area contributed by atoms with Crippen molar-refractivity contribution in [3.63, 3.8) is 0 Å². The fourth-order valence-electron chi connectivity index (χ4n) is 1.24. The van der Waals surface area contributed by atoms with Gasteiger partial charge in [0, 0.05) is 25.9 Å². The van der Waals surface area contributed by atoms with Crippen LogP contribution in [0, 0.1) is 24.4 Å². The highest BCUT2D eigenvalue weighted by Gasteiger charge is 2.21. The quantitative estimate of drug-likeness (QED) is 0.389. The molecule has 0 aliphatic heterocycles. The number of hydrogen-bond donors (Lipinski definition) is 0. The van der Waals surface area contributed by atoms with E-state index in [-0.39, 0.29) is 24.4 Å². The lowest BCUT2D eigenvalue weighted by atomic mass is 9.97. The molecule has 0 bridgehead atoms. The third kappa shape index (κ3) is 13.8. The maximum Gasteiger partial charge on any atom is 0.133 e. The fourth-order valence-corrected chi connectivity index (χ4v) is 1.75. The maximum atomic E-state index is 11.4. The molecule has 0 heterocycles. The molecule has 0 aliphatic carbocycles. The van der Waals surface area contributed by atoms with Gasteiger partial charge in [-0.15, -0.1) is 11.8 Å². The van der Waals surface area contributed by atoms with Gasteiger partial charge < -0.3 is 13.8 Å². The van der Waals surface area contributed by atoms with Gasteiger partial charge in [0.05, 0.1) is 20.1 Å². The number of carbonyl (C=O) groups is 1. The Labute approximate surface area is 124 Å². The number of ether oxygens (including phenoxy) is 1. The first-order chi connectivity index (χ1) is 9.21. The summed E-state index contributed by atoms with van der Waals surface area (Å²) in [5, 5.41) is 0. The third-order valence-corrected chi connectivity index (χ3v) is 3.43. The van der Waals surface area contributed by atoms with E-state index in [0.717, 1.165) is 0 Å². The van der Waals surface area contributed by atoms with E-state index < -0.39 is 7.37 Å². The Morgan fingerprint density at radius 3 is 2.15 bits per heavy atom. The Bertz CT molecular complexity index is 356. The smallest absolute Gasteiger partial charge is 0.133 e. The van der Waals surface area contributed by atoms with Crippen molar-refractivity contribution in [2.24, 2.45) is 5.92 Å². The minimum absolute atomic E-state index is 0.0625. The van der Waals surface area contributed by atoms with Crippen LogP contribution in [0.25, 0.3) is 0 Å².